The van der Waals surface area contributed by atoms with Gasteiger partial charge in [-0.15, -0.1) is 16.8 Å². The Labute approximate surface area is 163 Å². The molecule has 3 rings (SSSR count). The fourth-order valence-electron chi connectivity index (χ4n) is 2.54. The summed E-state index contributed by atoms with van der Waals surface area (Å²) in [6, 6.07) is 13.9. The molecule has 0 aliphatic heterocycles. The quantitative estimate of drug-likeness (QED) is 0.363. The molecule has 136 valence electrons. The molecule has 0 radical (unpaired) electrons. The van der Waals surface area contributed by atoms with E-state index >= 15 is 0 Å². The number of anilines is 1. The van der Waals surface area contributed by atoms with Gasteiger partial charge in [-0.3, -0.25) is 9.59 Å². The maximum absolute atomic E-state index is 12.0. The van der Waals surface area contributed by atoms with Crippen LogP contribution in [0.1, 0.15) is 0 Å². The van der Waals surface area contributed by atoms with Crippen molar-refractivity contribution in [1.82, 2.24) is 4.57 Å². The third-order valence-corrected chi connectivity index (χ3v) is 4.29. The van der Waals surface area contributed by atoms with E-state index in [1.165, 1.54) is 0 Å². The Hall–Kier alpha value is -3.26. The van der Waals surface area contributed by atoms with E-state index in [2.05, 4.69) is 38.1 Å². The summed E-state index contributed by atoms with van der Waals surface area (Å²) in [5, 5.41) is 20.7. The highest BCUT2D eigenvalue weighted by Crippen LogP contribution is 2.38. The highest BCUT2D eigenvalue weighted by Gasteiger charge is 2.18. The molecule has 7 nitrogen and oxygen atoms in total. The van der Waals surface area contributed by atoms with Crippen molar-refractivity contribution < 1.29 is 14.7 Å². The van der Waals surface area contributed by atoms with E-state index in [1.807, 2.05) is 6.07 Å². The van der Waals surface area contributed by atoms with Gasteiger partial charge in [-0.1, -0.05) is 40.2 Å². The summed E-state index contributed by atoms with van der Waals surface area (Å²) in [6.07, 6.45) is 1.63. The molecule has 1 aromatic heterocycles. The number of amides is 2. The Morgan fingerprint density at radius 1 is 1.19 bits per heavy atom. The molecule has 0 aliphatic rings. The van der Waals surface area contributed by atoms with Crippen LogP contribution in [-0.4, -0.2) is 21.5 Å². The molecule has 0 bridgehead atoms. The van der Waals surface area contributed by atoms with Crippen LogP contribution in [0.5, 0.6) is 5.88 Å². The number of fused-ring (bicyclic) bond motifs is 1. The van der Waals surface area contributed by atoms with Crippen LogP contribution in [0, 0.1) is 0 Å². The Morgan fingerprint density at radius 2 is 1.89 bits per heavy atom. The summed E-state index contributed by atoms with van der Waals surface area (Å²) < 4.78 is 2.43. The first-order valence-electron chi connectivity index (χ1n) is 7.95. The SMILES string of the molecule is C=CCn1c(O)c(N=NC(=O)C(=O)Nc2ccc(Br)cc2)c2ccccc21. The summed E-state index contributed by atoms with van der Waals surface area (Å²) in [5.41, 5.74) is 1.30. The normalized spacial score (nSPS) is 11.0. The van der Waals surface area contributed by atoms with Gasteiger partial charge in [0.15, 0.2) is 5.69 Å². The minimum atomic E-state index is -1.07. The molecule has 0 saturated heterocycles. The minimum Gasteiger partial charge on any atom is -0.493 e. The van der Waals surface area contributed by atoms with Crippen LogP contribution in [0.4, 0.5) is 11.4 Å². The van der Waals surface area contributed by atoms with E-state index in [4.69, 9.17) is 0 Å². The van der Waals surface area contributed by atoms with Crippen molar-refractivity contribution in [2.75, 3.05) is 5.32 Å². The average molecular weight is 427 g/mol. The number of carbonyl (C=O) groups excluding carboxylic acids is 2. The van der Waals surface area contributed by atoms with E-state index in [0.717, 1.165) is 9.99 Å². The molecule has 27 heavy (non-hydrogen) atoms. The van der Waals surface area contributed by atoms with Gasteiger partial charge >= 0.3 is 11.8 Å². The number of azo groups is 1. The summed E-state index contributed by atoms with van der Waals surface area (Å²) in [6.45, 7) is 4.02. The van der Waals surface area contributed by atoms with E-state index in [0.29, 0.717) is 17.6 Å². The lowest BCUT2D eigenvalue weighted by molar-refractivity contribution is -0.134. The maximum atomic E-state index is 12.0. The van der Waals surface area contributed by atoms with Crippen molar-refractivity contribution in [3.05, 3.63) is 65.7 Å². The number of allylic oxidation sites excluding steroid dienone is 1. The number of aromatic nitrogens is 1. The summed E-state index contributed by atoms with van der Waals surface area (Å²) >= 11 is 3.29. The second-order valence-corrected chi connectivity index (χ2v) is 6.47. The Morgan fingerprint density at radius 3 is 2.59 bits per heavy atom. The Bertz CT molecular complexity index is 1050. The highest BCUT2D eigenvalue weighted by atomic mass is 79.9. The second-order valence-electron chi connectivity index (χ2n) is 5.55. The van der Waals surface area contributed by atoms with E-state index in [1.54, 1.807) is 53.1 Å². The molecule has 0 unspecified atom stereocenters. The van der Waals surface area contributed by atoms with Gasteiger partial charge in [0.25, 0.3) is 0 Å². The monoisotopic (exact) mass is 426 g/mol. The molecule has 1 heterocycles. The number of aromatic hydroxyl groups is 1. The van der Waals surface area contributed by atoms with Crippen LogP contribution < -0.4 is 5.32 Å². The van der Waals surface area contributed by atoms with Crippen molar-refractivity contribution in [2.24, 2.45) is 10.2 Å². The lowest BCUT2D eigenvalue weighted by Crippen LogP contribution is -2.20. The molecule has 0 fully saturated rings. The van der Waals surface area contributed by atoms with Crippen LogP contribution in [0.2, 0.25) is 0 Å². The van der Waals surface area contributed by atoms with Crippen molar-refractivity contribution in [1.29, 1.82) is 0 Å². The van der Waals surface area contributed by atoms with E-state index < -0.39 is 11.8 Å². The number of carbonyl (C=O) groups is 2. The lowest BCUT2D eigenvalue weighted by atomic mass is 10.2. The fraction of sp³-hybridized carbons (Fsp3) is 0.0526. The zero-order valence-electron chi connectivity index (χ0n) is 14.1. The number of hydrogen-bond acceptors (Lipinski definition) is 4. The van der Waals surface area contributed by atoms with Gasteiger partial charge in [-0.25, -0.2) is 0 Å². The standard InChI is InChI=1S/C19H15BrN4O3/c1-2-11-24-15-6-4-3-5-14(15)16(19(24)27)22-23-18(26)17(25)21-13-9-7-12(20)8-10-13/h2-10,27H,1,11H2,(H,21,25). The smallest absolute Gasteiger partial charge is 0.353 e. The highest BCUT2D eigenvalue weighted by molar-refractivity contribution is 9.10. The van der Waals surface area contributed by atoms with Crippen LogP contribution in [-0.2, 0) is 16.1 Å². The minimum absolute atomic E-state index is 0.122. The Balaban J connectivity index is 1.84. The molecule has 0 saturated carbocycles. The van der Waals surface area contributed by atoms with Gasteiger partial charge in [0.1, 0.15) is 0 Å². The molecular weight excluding hydrogens is 412 g/mol. The van der Waals surface area contributed by atoms with Gasteiger partial charge in [0.2, 0.25) is 5.88 Å². The molecular formula is C19H15BrN4O3. The van der Waals surface area contributed by atoms with Crippen LogP contribution in [0.25, 0.3) is 10.9 Å². The van der Waals surface area contributed by atoms with Crippen molar-refractivity contribution in [3.63, 3.8) is 0 Å². The number of nitrogens with one attached hydrogen (secondary N) is 1. The number of hydrogen-bond donors (Lipinski definition) is 2. The molecule has 2 amide bonds. The third kappa shape index (κ3) is 3.95. The van der Waals surface area contributed by atoms with Gasteiger partial charge in [-0.2, -0.15) is 0 Å². The van der Waals surface area contributed by atoms with E-state index in [9.17, 15) is 14.7 Å². The largest absolute Gasteiger partial charge is 0.493 e. The molecule has 0 atom stereocenters. The summed E-state index contributed by atoms with van der Waals surface area (Å²) in [5.74, 6) is -2.14. The van der Waals surface area contributed by atoms with Crippen molar-refractivity contribution >= 4 is 50.0 Å². The summed E-state index contributed by atoms with van der Waals surface area (Å²) in [7, 11) is 0. The molecule has 2 N–H and O–H groups in total. The molecule has 3 aromatic rings. The Kier molecular flexibility index (Phi) is 5.46. The predicted molar refractivity (Wildman–Crippen MR) is 106 cm³/mol. The van der Waals surface area contributed by atoms with Crippen molar-refractivity contribution in [2.45, 2.75) is 6.54 Å². The van der Waals surface area contributed by atoms with Crippen molar-refractivity contribution in [3.8, 4) is 5.88 Å². The number of halogens is 1. The van der Waals surface area contributed by atoms with Gasteiger partial charge < -0.3 is 15.0 Å². The molecule has 8 heteroatoms. The number of benzene rings is 2. The zero-order valence-corrected chi connectivity index (χ0v) is 15.7. The van der Waals surface area contributed by atoms with Gasteiger partial charge in [0, 0.05) is 22.1 Å². The predicted octanol–water partition coefficient (Wildman–Crippen LogP) is 4.54. The zero-order chi connectivity index (χ0) is 19.4. The number of nitrogens with zero attached hydrogens (tertiary/aromatic N) is 3. The first-order chi connectivity index (χ1) is 13.0. The molecule has 0 aliphatic carbocycles. The first-order valence-corrected chi connectivity index (χ1v) is 8.74. The second kappa shape index (κ2) is 7.96. The van der Waals surface area contributed by atoms with Crippen LogP contribution in [0.15, 0.2) is 75.9 Å². The van der Waals surface area contributed by atoms with E-state index in [-0.39, 0.29) is 11.6 Å². The fourth-order valence-corrected chi connectivity index (χ4v) is 2.81. The molecule has 2 aromatic carbocycles. The average Bonchev–Trinajstić information content (AvgIpc) is 2.93. The molecule has 0 spiro atoms. The topological polar surface area (TPSA) is 96.0 Å². The first kappa shape index (κ1) is 18.5. The third-order valence-electron chi connectivity index (χ3n) is 3.77. The maximum Gasteiger partial charge on any atom is 0.353 e. The van der Waals surface area contributed by atoms with Crippen LogP contribution in [0.3, 0.4) is 0 Å². The number of para-hydroxylation sites is 1. The number of rotatable bonds is 4. The van der Waals surface area contributed by atoms with Crippen LogP contribution >= 0.6 is 15.9 Å². The summed E-state index contributed by atoms with van der Waals surface area (Å²) in [4.78, 5) is 23.9. The van der Waals surface area contributed by atoms with Gasteiger partial charge in [0.05, 0.1) is 5.52 Å². The van der Waals surface area contributed by atoms with Gasteiger partial charge in [-0.05, 0) is 30.3 Å². The lowest BCUT2D eigenvalue weighted by Gasteiger charge is -2.02.